The highest BCUT2D eigenvalue weighted by molar-refractivity contribution is 7.99. The standard InChI is InChI=1S/C20H29N3OS/c21-18-9-8-15-11-23(12-17(15)18)20(24)16-7-4-10-22-19(16)25-13-14-5-2-1-3-6-14/h4,7,10,14-15,17-18H,1-3,5-6,8-9,11-13,21H2. The number of carbonyl (C=O) groups excluding carboxylic acids is 1. The van der Waals surface area contributed by atoms with Gasteiger partial charge in [-0.25, -0.2) is 4.98 Å². The van der Waals surface area contributed by atoms with Crippen molar-refractivity contribution in [3.8, 4) is 0 Å². The number of hydrogen-bond donors (Lipinski definition) is 1. The maximum absolute atomic E-state index is 13.1. The number of fused-ring (bicyclic) bond motifs is 1. The summed E-state index contributed by atoms with van der Waals surface area (Å²) in [6.45, 7) is 1.70. The number of nitrogens with two attached hydrogens (primary N) is 1. The lowest BCUT2D eigenvalue weighted by Crippen LogP contribution is -2.33. The summed E-state index contributed by atoms with van der Waals surface area (Å²) >= 11 is 1.78. The molecule has 1 saturated heterocycles. The summed E-state index contributed by atoms with van der Waals surface area (Å²) in [5, 5.41) is 0.916. The molecule has 3 aliphatic rings. The second kappa shape index (κ2) is 7.67. The molecule has 0 radical (unpaired) electrons. The Morgan fingerprint density at radius 2 is 2.04 bits per heavy atom. The van der Waals surface area contributed by atoms with Crippen LogP contribution in [0.25, 0.3) is 0 Å². The molecule has 136 valence electrons. The van der Waals surface area contributed by atoms with Crippen molar-refractivity contribution in [1.29, 1.82) is 0 Å². The second-order valence-electron chi connectivity index (χ2n) is 8.05. The molecule has 0 bridgehead atoms. The summed E-state index contributed by atoms with van der Waals surface area (Å²) in [4.78, 5) is 19.6. The van der Waals surface area contributed by atoms with E-state index in [1.165, 1.54) is 38.5 Å². The van der Waals surface area contributed by atoms with Gasteiger partial charge in [0.05, 0.1) is 5.56 Å². The Labute approximate surface area is 154 Å². The van der Waals surface area contributed by atoms with Gasteiger partial charge in [0.25, 0.3) is 5.91 Å². The molecule has 2 heterocycles. The lowest BCUT2D eigenvalue weighted by Gasteiger charge is -2.22. The van der Waals surface area contributed by atoms with E-state index in [4.69, 9.17) is 5.73 Å². The van der Waals surface area contributed by atoms with Gasteiger partial charge in [-0.1, -0.05) is 19.3 Å². The molecule has 2 aliphatic carbocycles. The van der Waals surface area contributed by atoms with Crippen LogP contribution < -0.4 is 5.73 Å². The highest BCUT2D eigenvalue weighted by Crippen LogP contribution is 2.38. The van der Waals surface area contributed by atoms with Crippen LogP contribution in [0.5, 0.6) is 0 Å². The molecule has 1 amide bonds. The van der Waals surface area contributed by atoms with E-state index in [0.29, 0.717) is 11.8 Å². The van der Waals surface area contributed by atoms with Crippen molar-refractivity contribution in [2.45, 2.75) is 56.0 Å². The van der Waals surface area contributed by atoms with Gasteiger partial charge < -0.3 is 10.6 Å². The summed E-state index contributed by atoms with van der Waals surface area (Å²) in [5.74, 6) is 3.13. The smallest absolute Gasteiger partial charge is 0.256 e. The van der Waals surface area contributed by atoms with Crippen LogP contribution in [0.1, 0.15) is 55.3 Å². The van der Waals surface area contributed by atoms with Crippen LogP contribution in [0.2, 0.25) is 0 Å². The molecule has 0 spiro atoms. The summed E-state index contributed by atoms with van der Waals surface area (Å²) in [6.07, 6.45) is 10.9. The van der Waals surface area contributed by atoms with E-state index in [1.54, 1.807) is 11.8 Å². The van der Waals surface area contributed by atoms with E-state index in [9.17, 15) is 4.79 Å². The maximum Gasteiger partial charge on any atom is 0.256 e. The molecular weight excluding hydrogens is 330 g/mol. The van der Waals surface area contributed by atoms with E-state index in [-0.39, 0.29) is 11.9 Å². The average molecular weight is 360 g/mol. The molecule has 0 aromatic carbocycles. The topological polar surface area (TPSA) is 59.2 Å². The SMILES string of the molecule is NC1CCC2CN(C(=O)c3cccnc3SCC3CCCCC3)CC12. The van der Waals surface area contributed by atoms with E-state index in [1.807, 2.05) is 23.2 Å². The zero-order valence-electron chi connectivity index (χ0n) is 14.9. The Bertz CT molecular complexity index is 617. The summed E-state index contributed by atoms with van der Waals surface area (Å²) in [7, 11) is 0. The lowest BCUT2D eigenvalue weighted by atomic mass is 9.91. The van der Waals surface area contributed by atoms with Gasteiger partial charge in [-0.2, -0.15) is 0 Å². The van der Waals surface area contributed by atoms with Crippen LogP contribution >= 0.6 is 11.8 Å². The van der Waals surface area contributed by atoms with Gasteiger partial charge in [0.15, 0.2) is 0 Å². The quantitative estimate of drug-likeness (QED) is 0.835. The van der Waals surface area contributed by atoms with Crippen molar-refractivity contribution in [3.63, 3.8) is 0 Å². The number of pyridine rings is 1. The van der Waals surface area contributed by atoms with Crippen LogP contribution in [0.3, 0.4) is 0 Å². The Hall–Kier alpha value is -1.07. The van der Waals surface area contributed by atoms with Crippen LogP contribution in [-0.4, -0.2) is 40.7 Å². The third kappa shape index (κ3) is 3.72. The Morgan fingerprint density at radius 3 is 2.84 bits per heavy atom. The summed E-state index contributed by atoms with van der Waals surface area (Å²) < 4.78 is 0. The minimum Gasteiger partial charge on any atom is -0.338 e. The minimum absolute atomic E-state index is 0.154. The first-order chi connectivity index (χ1) is 12.2. The normalized spacial score (nSPS) is 29.8. The number of thioether (sulfide) groups is 1. The molecule has 5 heteroatoms. The number of rotatable bonds is 4. The van der Waals surface area contributed by atoms with Crippen LogP contribution in [0, 0.1) is 17.8 Å². The Kier molecular flexibility index (Phi) is 5.32. The fourth-order valence-corrected chi connectivity index (χ4v) is 6.04. The number of nitrogens with zero attached hydrogens (tertiary/aromatic N) is 2. The largest absolute Gasteiger partial charge is 0.338 e. The molecule has 4 rings (SSSR count). The first-order valence-electron chi connectivity index (χ1n) is 9.85. The van der Waals surface area contributed by atoms with Gasteiger partial charge in [-0.05, 0) is 55.6 Å². The zero-order valence-corrected chi connectivity index (χ0v) is 15.7. The highest BCUT2D eigenvalue weighted by Gasteiger charge is 2.42. The van der Waals surface area contributed by atoms with Crippen LogP contribution in [0.4, 0.5) is 0 Å². The molecule has 3 fully saturated rings. The molecule has 3 unspecified atom stereocenters. The third-order valence-corrected chi connectivity index (χ3v) is 7.62. The van der Waals surface area contributed by atoms with E-state index >= 15 is 0 Å². The van der Waals surface area contributed by atoms with Gasteiger partial charge in [-0.15, -0.1) is 11.8 Å². The van der Waals surface area contributed by atoms with Crippen LogP contribution in [-0.2, 0) is 0 Å². The number of amides is 1. The number of aromatic nitrogens is 1. The van der Waals surface area contributed by atoms with Crippen molar-refractivity contribution in [1.82, 2.24) is 9.88 Å². The second-order valence-corrected chi connectivity index (χ2v) is 9.06. The van der Waals surface area contributed by atoms with Crippen molar-refractivity contribution < 1.29 is 4.79 Å². The first kappa shape index (κ1) is 17.3. The third-order valence-electron chi connectivity index (χ3n) is 6.38. The van der Waals surface area contributed by atoms with E-state index in [2.05, 4.69) is 4.98 Å². The predicted molar refractivity (Wildman–Crippen MR) is 102 cm³/mol. The molecule has 1 aromatic rings. The highest BCUT2D eigenvalue weighted by atomic mass is 32.2. The predicted octanol–water partition coefficient (Wildman–Crippen LogP) is 3.56. The summed E-state index contributed by atoms with van der Waals surface area (Å²) in [5.41, 5.74) is 7.02. The molecule has 1 aliphatic heterocycles. The van der Waals surface area contributed by atoms with Crippen molar-refractivity contribution in [2.75, 3.05) is 18.8 Å². The summed E-state index contributed by atoms with van der Waals surface area (Å²) in [6, 6.07) is 4.12. The first-order valence-corrected chi connectivity index (χ1v) is 10.8. The molecular formula is C20H29N3OS. The number of carbonyl (C=O) groups is 1. The lowest BCUT2D eigenvalue weighted by molar-refractivity contribution is 0.0775. The zero-order chi connectivity index (χ0) is 17.2. The monoisotopic (exact) mass is 359 g/mol. The molecule has 4 nitrogen and oxygen atoms in total. The average Bonchev–Trinajstić information content (AvgIpc) is 3.23. The van der Waals surface area contributed by atoms with Gasteiger partial charge >= 0.3 is 0 Å². The minimum atomic E-state index is 0.154. The molecule has 2 saturated carbocycles. The fraction of sp³-hybridized carbons (Fsp3) is 0.700. The number of hydrogen-bond acceptors (Lipinski definition) is 4. The Balaban J connectivity index is 1.42. The molecule has 25 heavy (non-hydrogen) atoms. The Morgan fingerprint density at radius 1 is 1.20 bits per heavy atom. The molecule has 2 N–H and O–H groups in total. The van der Waals surface area contributed by atoms with Gasteiger partial charge in [-0.3, -0.25) is 4.79 Å². The maximum atomic E-state index is 13.1. The van der Waals surface area contributed by atoms with Crippen molar-refractivity contribution >= 4 is 17.7 Å². The van der Waals surface area contributed by atoms with Gasteiger partial charge in [0.2, 0.25) is 0 Å². The number of likely N-dealkylation sites (tertiary alicyclic amines) is 1. The molecule has 3 atom stereocenters. The van der Waals surface area contributed by atoms with Crippen LogP contribution in [0.15, 0.2) is 23.4 Å². The van der Waals surface area contributed by atoms with Gasteiger partial charge in [0, 0.05) is 31.1 Å². The molecule has 1 aromatic heterocycles. The van der Waals surface area contributed by atoms with E-state index in [0.717, 1.165) is 41.8 Å². The van der Waals surface area contributed by atoms with Gasteiger partial charge in [0.1, 0.15) is 5.03 Å². The van der Waals surface area contributed by atoms with E-state index < -0.39 is 0 Å². The van der Waals surface area contributed by atoms with Crippen molar-refractivity contribution in [3.05, 3.63) is 23.9 Å². The fourth-order valence-electron chi connectivity index (χ4n) is 4.86. The van der Waals surface area contributed by atoms with Crippen molar-refractivity contribution in [2.24, 2.45) is 23.5 Å².